The molecule has 0 saturated carbocycles. The van der Waals surface area contributed by atoms with Gasteiger partial charge in [-0.1, -0.05) is 29.8 Å². The van der Waals surface area contributed by atoms with Crippen LogP contribution in [-0.4, -0.2) is 21.4 Å². The van der Waals surface area contributed by atoms with Crippen molar-refractivity contribution < 1.29 is 17.9 Å². The third-order valence-corrected chi connectivity index (χ3v) is 4.17. The lowest BCUT2D eigenvalue weighted by atomic mass is 10.1. The van der Waals surface area contributed by atoms with Gasteiger partial charge in [0.05, 0.1) is 17.7 Å². The molecule has 0 saturated heterocycles. The zero-order valence-electron chi connectivity index (χ0n) is 13.3. The van der Waals surface area contributed by atoms with E-state index in [4.69, 9.17) is 9.88 Å². The van der Waals surface area contributed by atoms with Gasteiger partial charge in [-0.05, 0) is 36.8 Å². The number of anilines is 1. The lowest BCUT2D eigenvalue weighted by Gasteiger charge is -2.10. The maximum Gasteiger partial charge on any atom is 0.248 e. The summed E-state index contributed by atoms with van der Waals surface area (Å²) in [5.41, 5.74) is 2.23. The number of sulfonamides is 1. The van der Waals surface area contributed by atoms with Gasteiger partial charge in [-0.2, -0.15) is 0 Å². The van der Waals surface area contributed by atoms with Gasteiger partial charge in [0.2, 0.25) is 15.9 Å². The van der Waals surface area contributed by atoms with E-state index in [1.807, 2.05) is 31.2 Å². The second kappa shape index (κ2) is 7.29. The van der Waals surface area contributed by atoms with E-state index in [2.05, 4.69) is 5.32 Å². The van der Waals surface area contributed by atoms with Gasteiger partial charge in [0.1, 0.15) is 5.75 Å². The Kier molecular flexibility index (Phi) is 5.38. The van der Waals surface area contributed by atoms with Crippen LogP contribution in [0.2, 0.25) is 0 Å². The number of aryl methyl sites for hydroxylation is 1. The average molecular weight is 346 g/mol. The lowest BCUT2D eigenvalue weighted by Crippen LogP contribution is -2.14. The van der Waals surface area contributed by atoms with Crippen LogP contribution in [0.25, 0.3) is 6.08 Å². The van der Waals surface area contributed by atoms with E-state index in [-0.39, 0.29) is 10.6 Å². The van der Waals surface area contributed by atoms with Crippen molar-refractivity contribution in [3.05, 3.63) is 59.7 Å². The van der Waals surface area contributed by atoms with Crippen molar-refractivity contribution in [1.29, 1.82) is 0 Å². The van der Waals surface area contributed by atoms with Crippen LogP contribution in [0.15, 0.2) is 53.4 Å². The SMILES string of the molecule is COc1ccc(S(N)(=O)=O)cc1NC(=O)/C=C/c1ccc(C)cc1. The highest BCUT2D eigenvalue weighted by Crippen LogP contribution is 2.27. The number of nitrogens with two attached hydrogens (primary N) is 1. The molecule has 6 nitrogen and oxygen atoms in total. The van der Waals surface area contributed by atoms with Crippen molar-refractivity contribution in [2.75, 3.05) is 12.4 Å². The van der Waals surface area contributed by atoms with Crippen LogP contribution in [0.4, 0.5) is 5.69 Å². The summed E-state index contributed by atoms with van der Waals surface area (Å²) in [7, 11) is -2.45. The molecular formula is C17H18N2O4S. The molecule has 0 atom stereocenters. The van der Waals surface area contributed by atoms with Gasteiger partial charge < -0.3 is 10.1 Å². The van der Waals surface area contributed by atoms with E-state index in [0.29, 0.717) is 5.75 Å². The standard InChI is InChI=1S/C17H18N2O4S/c1-12-3-5-13(6-4-12)7-10-17(20)19-15-11-14(24(18,21)22)8-9-16(15)23-2/h3-11H,1-2H3,(H,19,20)(H2,18,21,22)/b10-7+. The van der Waals surface area contributed by atoms with Gasteiger partial charge in [-0.15, -0.1) is 0 Å². The first-order chi connectivity index (χ1) is 11.3. The fraction of sp³-hybridized carbons (Fsp3) is 0.118. The third kappa shape index (κ3) is 4.68. The number of carbonyl (C=O) groups is 1. The Hall–Kier alpha value is -2.64. The number of ether oxygens (including phenoxy) is 1. The molecule has 1 amide bonds. The summed E-state index contributed by atoms with van der Waals surface area (Å²) >= 11 is 0. The van der Waals surface area contributed by atoms with Crippen molar-refractivity contribution in [3.8, 4) is 5.75 Å². The smallest absolute Gasteiger partial charge is 0.248 e. The van der Waals surface area contributed by atoms with Crippen LogP contribution in [0.5, 0.6) is 5.75 Å². The van der Waals surface area contributed by atoms with E-state index in [1.54, 1.807) is 6.08 Å². The monoisotopic (exact) mass is 346 g/mol. The summed E-state index contributed by atoms with van der Waals surface area (Å²) < 4.78 is 28.0. The number of nitrogens with one attached hydrogen (secondary N) is 1. The molecule has 0 spiro atoms. The Labute approximate surface area is 141 Å². The molecule has 0 radical (unpaired) electrons. The first-order valence-electron chi connectivity index (χ1n) is 7.06. The van der Waals surface area contributed by atoms with Gasteiger partial charge in [-0.3, -0.25) is 4.79 Å². The molecule has 0 fully saturated rings. The second-order valence-electron chi connectivity index (χ2n) is 5.14. The highest BCUT2D eigenvalue weighted by atomic mass is 32.2. The molecule has 2 aromatic rings. The minimum Gasteiger partial charge on any atom is -0.495 e. The number of amides is 1. The Balaban J connectivity index is 2.20. The largest absolute Gasteiger partial charge is 0.495 e. The molecule has 126 valence electrons. The Morgan fingerprint density at radius 2 is 1.83 bits per heavy atom. The molecule has 7 heteroatoms. The number of rotatable bonds is 5. The maximum absolute atomic E-state index is 12.0. The van der Waals surface area contributed by atoms with E-state index in [9.17, 15) is 13.2 Å². The molecule has 0 aliphatic heterocycles. The molecular weight excluding hydrogens is 328 g/mol. The van der Waals surface area contributed by atoms with Crippen molar-refractivity contribution in [1.82, 2.24) is 0 Å². The zero-order valence-corrected chi connectivity index (χ0v) is 14.1. The second-order valence-corrected chi connectivity index (χ2v) is 6.70. The Morgan fingerprint density at radius 1 is 1.17 bits per heavy atom. The third-order valence-electron chi connectivity index (χ3n) is 3.26. The molecule has 0 unspecified atom stereocenters. The normalized spacial score (nSPS) is 11.5. The number of hydrogen-bond donors (Lipinski definition) is 2. The summed E-state index contributed by atoms with van der Waals surface area (Å²) in [4.78, 5) is 11.9. The summed E-state index contributed by atoms with van der Waals surface area (Å²) in [5.74, 6) is -0.0834. The minimum absolute atomic E-state index is 0.110. The molecule has 0 bridgehead atoms. The van der Waals surface area contributed by atoms with Crippen molar-refractivity contribution >= 4 is 27.7 Å². The molecule has 0 aliphatic carbocycles. The van der Waals surface area contributed by atoms with E-state index in [0.717, 1.165) is 11.1 Å². The van der Waals surface area contributed by atoms with Crippen LogP contribution in [0, 0.1) is 6.92 Å². The van der Waals surface area contributed by atoms with Crippen LogP contribution < -0.4 is 15.2 Å². The zero-order chi connectivity index (χ0) is 17.7. The molecule has 0 aromatic heterocycles. The van der Waals surface area contributed by atoms with Gasteiger partial charge >= 0.3 is 0 Å². The lowest BCUT2D eigenvalue weighted by molar-refractivity contribution is -0.111. The number of primary sulfonamides is 1. The highest BCUT2D eigenvalue weighted by molar-refractivity contribution is 7.89. The fourth-order valence-electron chi connectivity index (χ4n) is 1.99. The maximum atomic E-state index is 12.0. The van der Waals surface area contributed by atoms with Crippen LogP contribution in [-0.2, 0) is 14.8 Å². The fourth-order valence-corrected chi connectivity index (χ4v) is 2.53. The number of benzene rings is 2. The Morgan fingerprint density at radius 3 is 2.42 bits per heavy atom. The predicted molar refractivity (Wildman–Crippen MR) is 93.2 cm³/mol. The summed E-state index contributed by atoms with van der Waals surface area (Å²) in [6.45, 7) is 1.98. The van der Waals surface area contributed by atoms with Gasteiger partial charge in [0.25, 0.3) is 0 Å². The van der Waals surface area contributed by atoms with E-state index in [1.165, 1.54) is 31.4 Å². The van der Waals surface area contributed by atoms with Gasteiger partial charge in [-0.25, -0.2) is 13.6 Å². The first-order valence-corrected chi connectivity index (χ1v) is 8.61. The van der Waals surface area contributed by atoms with E-state index < -0.39 is 15.9 Å². The summed E-state index contributed by atoms with van der Waals surface area (Å²) in [6, 6.07) is 11.7. The number of carbonyl (C=O) groups excluding carboxylic acids is 1. The van der Waals surface area contributed by atoms with Gasteiger partial charge in [0.15, 0.2) is 0 Å². The summed E-state index contributed by atoms with van der Waals surface area (Å²) in [6.07, 6.45) is 3.01. The molecule has 3 N–H and O–H groups in total. The predicted octanol–water partition coefficient (Wildman–Crippen LogP) is 2.30. The van der Waals surface area contributed by atoms with Crippen LogP contribution in [0.1, 0.15) is 11.1 Å². The van der Waals surface area contributed by atoms with Crippen LogP contribution >= 0.6 is 0 Å². The quantitative estimate of drug-likeness (QED) is 0.812. The molecule has 24 heavy (non-hydrogen) atoms. The molecule has 0 aliphatic rings. The molecule has 2 aromatic carbocycles. The molecule has 2 rings (SSSR count). The molecule has 0 heterocycles. The van der Waals surface area contributed by atoms with E-state index >= 15 is 0 Å². The van der Waals surface area contributed by atoms with Crippen LogP contribution in [0.3, 0.4) is 0 Å². The van der Waals surface area contributed by atoms with Crippen molar-refractivity contribution in [2.45, 2.75) is 11.8 Å². The topological polar surface area (TPSA) is 98.5 Å². The average Bonchev–Trinajstić information content (AvgIpc) is 2.53. The highest BCUT2D eigenvalue weighted by Gasteiger charge is 2.13. The first kappa shape index (κ1) is 17.7. The van der Waals surface area contributed by atoms with Crippen molar-refractivity contribution in [2.24, 2.45) is 5.14 Å². The van der Waals surface area contributed by atoms with Gasteiger partial charge in [0, 0.05) is 6.08 Å². The minimum atomic E-state index is -3.87. The number of methoxy groups -OCH3 is 1. The summed E-state index contributed by atoms with van der Waals surface area (Å²) in [5, 5.41) is 7.68. The Bertz CT molecular complexity index is 872. The van der Waals surface area contributed by atoms with Crippen molar-refractivity contribution in [3.63, 3.8) is 0 Å². The number of hydrogen-bond acceptors (Lipinski definition) is 4.